The summed E-state index contributed by atoms with van der Waals surface area (Å²) >= 11 is 0. The van der Waals surface area contributed by atoms with Crippen molar-refractivity contribution in [1.29, 1.82) is 0 Å². The zero-order valence-corrected chi connectivity index (χ0v) is 11.5. The second-order valence-corrected chi connectivity index (χ2v) is 5.85. The highest BCUT2D eigenvalue weighted by Crippen LogP contribution is 2.23. The highest BCUT2D eigenvalue weighted by molar-refractivity contribution is 4.76. The van der Waals surface area contributed by atoms with Gasteiger partial charge in [0.15, 0.2) is 0 Å². The monoisotopic (exact) mass is 240 g/mol. The summed E-state index contributed by atoms with van der Waals surface area (Å²) in [5, 5.41) is 3.53. The number of hydrogen-bond acceptors (Lipinski definition) is 3. The van der Waals surface area contributed by atoms with Gasteiger partial charge in [-0.05, 0) is 57.7 Å². The van der Waals surface area contributed by atoms with Crippen LogP contribution in [0.1, 0.15) is 33.1 Å². The minimum Gasteiger partial charge on any atom is -0.376 e. The van der Waals surface area contributed by atoms with Crippen molar-refractivity contribution in [2.24, 2.45) is 11.8 Å². The molecular weight excluding hydrogens is 212 g/mol. The molecule has 3 nitrogen and oxygen atoms in total. The Morgan fingerprint density at radius 3 is 3.06 bits per heavy atom. The van der Waals surface area contributed by atoms with Crippen LogP contribution in [0.15, 0.2) is 0 Å². The Morgan fingerprint density at radius 2 is 2.35 bits per heavy atom. The molecule has 2 aliphatic rings. The first-order valence-electron chi connectivity index (χ1n) is 7.30. The maximum absolute atomic E-state index is 5.58. The molecular formula is C14H28N2O. The maximum atomic E-state index is 5.58. The van der Waals surface area contributed by atoms with Gasteiger partial charge in [0.1, 0.15) is 0 Å². The molecule has 0 bridgehead atoms. The predicted molar refractivity (Wildman–Crippen MR) is 71.2 cm³/mol. The first-order valence-corrected chi connectivity index (χ1v) is 7.30. The van der Waals surface area contributed by atoms with Gasteiger partial charge in [0.2, 0.25) is 0 Å². The summed E-state index contributed by atoms with van der Waals surface area (Å²) in [6.45, 7) is 11.5. The van der Waals surface area contributed by atoms with Gasteiger partial charge in [0.05, 0.1) is 12.7 Å². The third-order valence-electron chi connectivity index (χ3n) is 4.37. The van der Waals surface area contributed by atoms with Crippen LogP contribution in [0.25, 0.3) is 0 Å². The fourth-order valence-electron chi connectivity index (χ4n) is 3.08. The lowest BCUT2D eigenvalue weighted by atomic mass is 9.85. The molecule has 0 aliphatic carbocycles. The van der Waals surface area contributed by atoms with Gasteiger partial charge in [0, 0.05) is 13.1 Å². The van der Waals surface area contributed by atoms with Crippen molar-refractivity contribution >= 4 is 0 Å². The molecule has 0 radical (unpaired) electrons. The summed E-state index contributed by atoms with van der Waals surface area (Å²) in [7, 11) is 0. The minimum absolute atomic E-state index is 0.426. The zero-order valence-electron chi connectivity index (χ0n) is 11.5. The van der Waals surface area contributed by atoms with Crippen molar-refractivity contribution < 1.29 is 4.74 Å². The summed E-state index contributed by atoms with van der Waals surface area (Å²) < 4.78 is 5.58. The summed E-state index contributed by atoms with van der Waals surface area (Å²) in [5.41, 5.74) is 0. The third-order valence-corrected chi connectivity index (χ3v) is 4.37. The molecule has 1 N–H and O–H groups in total. The van der Waals surface area contributed by atoms with E-state index in [1.165, 1.54) is 38.9 Å². The molecule has 2 aliphatic heterocycles. The van der Waals surface area contributed by atoms with Crippen LogP contribution < -0.4 is 5.32 Å². The van der Waals surface area contributed by atoms with Gasteiger partial charge in [-0.3, -0.25) is 4.90 Å². The zero-order chi connectivity index (χ0) is 12.1. The van der Waals surface area contributed by atoms with Crippen LogP contribution in [-0.2, 0) is 4.74 Å². The Labute approximate surface area is 106 Å². The van der Waals surface area contributed by atoms with Crippen molar-refractivity contribution in [2.75, 3.05) is 39.3 Å². The lowest BCUT2D eigenvalue weighted by Crippen LogP contribution is -2.42. The standard InChI is InChI=1S/C14H28N2O/c1-12(14-4-3-6-15-10-14)5-7-16-8-9-17-13(2)11-16/h12-15H,3-11H2,1-2H3. The van der Waals surface area contributed by atoms with Gasteiger partial charge in [-0.2, -0.15) is 0 Å². The summed E-state index contributed by atoms with van der Waals surface area (Å²) in [6.07, 6.45) is 4.56. The molecule has 0 spiro atoms. The van der Waals surface area contributed by atoms with Crippen LogP contribution in [0.3, 0.4) is 0 Å². The van der Waals surface area contributed by atoms with E-state index in [2.05, 4.69) is 24.1 Å². The van der Waals surface area contributed by atoms with Gasteiger partial charge < -0.3 is 10.1 Å². The largest absolute Gasteiger partial charge is 0.376 e. The SMILES string of the molecule is CC1CN(CCC(C)C2CCCNC2)CCO1. The van der Waals surface area contributed by atoms with Gasteiger partial charge in [0.25, 0.3) is 0 Å². The van der Waals surface area contributed by atoms with Crippen molar-refractivity contribution in [3.63, 3.8) is 0 Å². The van der Waals surface area contributed by atoms with E-state index in [1.807, 2.05) is 0 Å². The number of rotatable bonds is 4. The van der Waals surface area contributed by atoms with E-state index in [4.69, 9.17) is 4.74 Å². The topological polar surface area (TPSA) is 24.5 Å². The number of nitrogens with zero attached hydrogens (tertiary/aromatic N) is 1. The maximum Gasteiger partial charge on any atom is 0.0674 e. The molecule has 2 rings (SSSR count). The molecule has 0 aromatic heterocycles. The lowest BCUT2D eigenvalue weighted by molar-refractivity contribution is -0.0203. The molecule has 2 fully saturated rings. The van der Waals surface area contributed by atoms with Gasteiger partial charge in [-0.1, -0.05) is 6.92 Å². The first-order chi connectivity index (χ1) is 8.25. The van der Waals surface area contributed by atoms with Crippen LogP contribution in [0, 0.1) is 11.8 Å². The average Bonchev–Trinajstić information content (AvgIpc) is 2.37. The Bertz CT molecular complexity index is 216. The highest BCUT2D eigenvalue weighted by Gasteiger charge is 2.22. The number of ether oxygens (including phenoxy) is 1. The fraction of sp³-hybridized carbons (Fsp3) is 1.00. The van der Waals surface area contributed by atoms with E-state index < -0.39 is 0 Å². The van der Waals surface area contributed by atoms with Gasteiger partial charge in [-0.15, -0.1) is 0 Å². The van der Waals surface area contributed by atoms with Crippen LogP contribution in [0.2, 0.25) is 0 Å². The second kappa shape index (κ2) is 6.72. The Hall–Kier alpha value is -0.120. The number of nitrogens with one attached hydrogen (secondary N) is 1. The van der Waals surface area contributed by atoms with Gasteiger partial charge >= 0.3 is 0 Å². The number of hydrogen-bond donors (Lipinski definition) is 1. The Balaban J connectivity index is 1.66. The number of morpholine rings is 1. The van der Waals surface area contributed by atoms with E-state index in [0.29, 0.717) is 6.10 Å². The highest BCUT2D eigenvalue weighted by atomic mass is 16.5. The second-order valence-electron chi connectivity index (χ2n) is 5.85. The summed E-state index contributed by atoms with van der Waals surface area (Å²) in [5.74, 6) is 1.77. The van der Waals surface area contributed by atoms with Crippen LogP contribution in [0.5, 0.6) is 0 Å². The molecule has 3 unspecified atom stereocenters. The fourth-order valence-corrected chi connectivity index (χ4v) is 3.08. The molecule has 3 atom stereocenters. The Morgan fingerprint density at radius 1 is 1.47 bits per heavy atom. The molecule has 2 saturated heterocycles. The summed E-state index contributed by atoms with van der Waals surface area (Å²) in [6, 6.07) is 0. The summed E-state index contributed by atoms with van der Waals surface area (Å²) in [4.78, 5) is 2.57. The molecule has 100 valence electrons. The van der Waals surface area contributed by atoms with Crippen molar-refractivity contribution in [3.8, 4) is 0 Å². The van der Waals surface area contributed by atoms with E-state index in [0.717, 1.165) is 31.5 Å². The molecule has 2 heterocycles. The van der Waals surface area contributed by atoms with Crippen LogP contribution >= 0.6 is 0 Å². The molecule has 0 amide bonds. The molecule has 0 aromatic carbocycles. The van der Waals surface area contributed by atoms with Gasteiger partial charge in [-0.25, -0.2) is 0 Å². The molecule has 0 aromatic rings. The van der Waals surface area contributed by atoms with Crippen molar-refractivity contribution in [1.82, 2.24) is 10.2 Å². The third kappa shape index (κ3) is 4.23. The minimum atomic E-state index is 0.426. The van der Waals surface area contributed by atoms with E-state index in [-0.39, 0.29) is 0 Å². The van der Waals surface area contributed by atoms with Crippen molar-refractivity contribution in [3.05, 3.63) is 0 Å². The van der Waals surface area contributed by atoms with Crippen molar-refractivity contribution in [2.45, 2.75) is 39.2 Å². The molecule has 0 saturated carbocycles. The van der Waals surface area contributed by atoms with E-state index >= 15 is 0 Å². The average molecular weight is 240 g/mol. The quantitative estimate of drug-likeness (QED) is 0.810. The van der Waals surface area contributed by atoms with Crippen LogP contribution in [-0.4, -0.2) is 50.3 Å². The molecule has 17 heavy (non-hydrogen) atoms. The predicted octanol–water partition coefficient (Wildman–Crippen LogP) is 1.73. The van der Waals surface area contributed by atoms with E-state index in [9.17, 15) is 0 Å². The molecule has 3 heteroatoms. The Kier molecular flexibility index (Phi) is 5.26. The van der Waals surface area contributed by atoms with Crippen LogP contribution in [0.4, 0.5) is 0 Å². The smallest absolute Gasteiger partial charge is 0.0674 e. The first kappa shape index (κ1) is 13.3. The number of piperidine rings is 1. The lowest BCUT2D eigenvalue weighted by Gasteiger charge is -2.33. The normalized spacial score (nSPS) is 33.5. The van der Waals surface area contributed by atoms with E-state index in [1.54, 1.807) is 0 Å².